The molecule has 0 saturated carbocycles. The molecule has 0 spiro atoms. The van der Waals surface area contributed by atoms with E-state index in [0.717, 1.165) is 0 Å². The molecule has 0 aliphatic carbocycles. The van der Waals surface area contributed by atoms with Gasteiger partial charge in [0.25, 0.3) is 0 Å². The molecule has 0 aliphatic heterocycles. The molecule has 2 N–H and O–H groups in total. The van der Waals surface area contributed by atoms with Crippen LogP contribution in [0.25, 0.3) is 0 Å². The van der Waals surface area contributed by atoms with Crippen LogP contribution >= 0.6 is 0 Å². The van der Waals surface area contributed by atoms with Crippen molar-refractivity contribution in [1.82, 2.24) is 4.98 Å². The Morgan fingerprint density at radius 2 is 2.25 bits per heavy atom. The summed E-state index contributed by atoms with van der Waals surface area (Å²) >= 11 is 0. The minimum Gasteiger partial charge on any atom is -0.477 e. The molecule has 4 nitrogen and oxygen atoms in total. The van der Waals surface area contributed by atoms with Gasteiger partial charge in [0.15, 0.2) is 0 Å². The second-order valence-corrected chi connectivity index (χ2v) is 2.47. The van der Waals surface area contributed by atoms with E-state index < -0.39 is 5.97 Å². The third kappa shape index (κ3) is 1.79. The molecule has 0 amide bonds. The minimum atomic E-state index is -1.08. The van der Waals surface area contributed by atoms with Crippen molar-refractivity contribution < 1.29 is 15.0 Å². The van der Waals surface area contributed by atoms with Crippen LogP contribution < -0.4 is 0 Å². The number of pyridine rings is 1. The number of carboxylic acid groups (broad SMARTS) is 1. The maximum absolute atomic E-state index is 10.5. The van der Waals surface area contributed by atoms with Crippen molar-refractivity contribution >= 4 is 5.97 Å². The highest BCUT2D eigenvalue weighted by molar-refractivity contribution is 5.85. The van der Waals surface area contributed by atoms with E-state index in [4.69, 9.17) is 10.2 Å². The predicted octanol–water partition coefficient (Wildman–Crippen LogP) is 0.581. The van der Waals surface area contributed by atoms with Crippen LogP contribution in [-0.4, -0.2) is 21.2 Å². The topological polar surface area (TPSA) is 70.4 Å². The second kappa shape index (κ2) is 3.32. The maximum atomic E-state index is 10.5. The monoisotopic (exact) mass is 167 g/mol. The molecule has 0 atom stereocenters. The van der Waals surface area contributed by atoms with Crippen LogP contribution in [0.5, 0.6) is 0 Å². The molecule has 4 heteroatoms. The first-order valence-corrected chi connectivity index (χ1v) is 3.45. The summed E-state index contributed by atoms with van der Waals surface area (Å²) < 4.78 is 0. The van der Waals surface area contributed by atoms with Crippen LogP contribution in [0.15, 0.2) is 12.1 Å². The molecule has 64 valence electrons. The predicted molar refractivity (Wildman–Crippen MR) is 41.9 cm³/mol. The van der Waals surface area contributed by atoms with Gasteiger partial charge >= 0.3 is 5.97 Å². The smallest absolute Gasteiger partial charge is 0.354 e. The normalized spacial score (nSPS) is 9.83. The van der Waals surface area contributed by atoms with Gasteiger partial charge < -0.3 is 10.2 Å². The third-order valence-electron chi connectivity index (χ3n) is 1.41. The highest BCUT2D eigenvalue weighted by atomic mass is 16.4. The molecule has 1 aromatic rings. The third-order valence-corrected chi connectivity index (χ3v) is 1.41. The van der Waals surface area contributed by atoms with Crippen molar-refractivity contribution in [3.05, 3.63) is 29.1 Å². The highest BCUT2D eigenvalue weighted by Gasteiger charge is 2.05. The zero-order valence-electron chi connectivity index (χ0n) is 6.61. The van der Waals surface area contributed by atoms with E-state index in [1.165, 1.54) is 6.07 Å². The fourth-order valence-corrected chi connectivity index (χ4v) is 0.941. The first kappa shape index (κ1) is 8.67. The molecule has 1 aromatic heterocycles. The number of rotatable bonds is 2. The number of aliphatic hydroxyl groups is 1. The molecule has 0 fully saturated rings. The zero-order chi connectivity index (χ0) is 9.14. The summed E-state index contributed by atoms with van der Waals surface area (Å²) in [4.78, 5) is 14.2. The molecule has 0 aliphatic rings. The van der Waals surface area contributed by atoms with Gasteiger partial charge in [-0.25, -0.2) is 9.78 Å². The first-order chi connectivity index (χ1) is 5.63. The van der Waals surface area contributed by atoms with E-state index in [9.17, 15) is 4.79 Å². The van der Waals surface area contributed by atoms with Gasteiger partial charge in [-0.05, 0) is 24.6 Å². The quantitative estimate of drug-likeness (QED) is 0.675. The standard InChI is InChI=1S/C8H9NO3/c1-5-2-6(4-10)3-7(9-5)8(11)12/h2-3,10H,4H2,1H3,(H,11,12). The van der Waals surface area contributed by atoms with Crippen molar-refractivity contribution in [2.75, 3.05) is 0 Å². The maximum Gasteiger partial charge on any atom is 0.354 e. The second-order valence-electron chi connectivity index (χ2n) is 2.47. The lowest BCUT2D eigenvalue weighted by Gasteiger charge is -2.00. The molecule has 1 rings (SSSR count). The fraction of sp³-hybridized carbons (Fsp3) is 0.250. The van der Waals surface area contributed by atoms with Gasteiger partial charge in [-0.2, -0.15) is 0 Å². The Balaban J connectivity index is 3.15. The lowest BCUT2D eigenvalue weighted by Crippen LogP contribution is -2.02. The van der Waals surface area contributed by atoms with Crippen molar-refractivity contribution in [2.45, 2.75) is 13.5 Å². The Morgan fingerprint density at radius 3 is 2.75 bits per heavy atom. The number of carboxylic acids is 1. The summed E-state index contributed by atoms with van der Waals surface area (Å²) in [5.74, 6) is -1.08. The zero-order valence-corrected chi connectivity index (χ0v) is 6.61. The van der Waals surface area contributed by atoms with Crippen LogP contribution in [-0.2, 0) is 6.61 Å². The summed E-state index contributed by atoms with van der Waals surface area (Å²) in [6, 6.07) is 3.00. The first-order valence-electron chi connectivity index (χ1n) is 3.45. The molecule has 1 heterocycles. The summed E-state index contributed by atoms with van der Waals surface area (Å²) in [7, 11) is 0. The lowest BCUT2D eigenvalue weighted by atomic mass is 10.2. The van der Waals surface area contributed by atoms with E-state index in [1.807, 2.05) is 0 Å². The summed E-state index contributed by atoms with van der Waals surface area (Å²) in [5, 5.41) is 17.3. The van der Waals surface area contributed by atoms with Gasteiger partial charge in [0.05, 0.1) is 6.61 Å². The van der Waals surface area contributed by atoms with Gasteiger partial charge in [0.2, 0.25) is 0 Å². The van der Waals surface area contributed by atoms with E-state index >= 15 is 0 Å². The average Bonchev–Trinajstić information content (AvgIpc) is 2.03. The van der Waals surface area contributed by atoms with Crippen molar-refractivity contribution in [2.24, 2.45) is 0 Å². The Hall–Kier alpha value is -1.42. The Kier molecular flexibility index (Phi) is 2.40. The summed E-state index contributed by atoms with van der Waals surface area (Å²) in [6.45, 7) is 1.52. The van der Waals surface area contributed by atoms with Gasteiger partial charge in [0.1, 0.15) is 5.69 Å². The van der Waals surface area contributed by atoms with Crippen LogP contribution in [0.4, 0.5) is 0 Å². The fourth-order valence-electron chi connectivity index (χ4n) is 0.941. The SMILES string of the molecule is Cc1cc(CO)cc(C(=O)O)n1. The number of aromatic carboxylic acids is 1. The lowest BCUT2D eigenvalue weighted by molar-refractivity contribution is 0.0690. The molecule has 0 saturated heterocycles. The molecule has 0 bridgehead atoms. The van der Waals surface area contributed by atoms with Gasteiger partial charge in [-0.15, -0.1) is 0 Å². The number of aromatic nitrogens is 1. The number of hydrogen-bond acceptors (Lipinski definition) is 3. The van der Waals surface area contributed by atoms with Gasteiger partial charge in [-0.1, -0.05) is 0 Å². The van der Waals surface area contributed by atoms with Crippen LogP contribution in [0.3, 0.4) is 0 Å². The Morgan fingerprint density at radius 1 is 1.58 bits per heavy atom. The van der Waals surface area contributed by atoms with E-state index in [0.29, 0.717) is 11.3 Å². The molecule has 0 radical (unpaired) electrons. The number of aryl methyl sites for hydroxylation is 1. The van der Waals surface area contributed by atoms with E-state index in [1.54, 1.807) is 13.0 Å². The molecule has 0 unspecified atom stereocenters. The van der Waals surface area contributed by atoms with Crippen LogP contribution in [0, 0.1) is 6.92 Å². The molecular formula is C8H9NO3. The molecule has 0 aromatic carbocycles. The van der Waals surface area contributed by atoms with Crippen molar-refractivity contribution in [3.63, 3.8) is 0 Å². The number of carbonyl (C=O) groups is 1. The molecule has 12 heavy (non-hydrogen) atoms. The Bertz CT molecular complexity index is 309. The van der Waals surface area contributed by atoms with Crippen molar-refractivity contribution in [1.29, 1.82) is 0 Å². The van der Waals surface area contributed by atoms with Crippen molar-refractivity contribution in [3.8, 4) is 0 Å². The number of aliphatic hydroxyl groups excluding tert-OH is 1. The molecular weight excluding hydrogens is 158 g/mol. The highest BCUT2D eigenvalue weighted by Crippen LogP contribution is 2.05. The van der Waals surface area contributed by atoms with E-state index in [2.05, 4.69) is 4.98 Å². The van der Waals surface area contributed by atoms with Gasteiger partial charge in [-0.3, -0.25) is 0 Å². The number of hydrogen-bond donors (Lipinski definition) is 2. The Labute approximate surface area is 69.5 Å². The van der Waals surface area contributed by atoms with Crippen LogP contribution in [0.1, 0.15) is 21.7 Å². The largest absolute Gasteiger partial charge is 0.477 e. The summed E-state index contributed by atoms with van der Waals surface area (Å²) in [6.07, 6.45) is 0. The number of nitrogens with zero attached hydrogens (tertiary/aromatic N) is 1. The van der Waals surface area contributed by atoms with E-state index in [-0.39, 0.29) is 12.3 Å². The minimum absolute atomic E-state index is 0.0287. The van der Waals surface area contributed by atoms with Crippen LogP contribution in [0.2, 0.25) is 0 Å². The summed E-state index contributed by atoms with van der Waals surface area (Å²) in [5.41, 5.74) is 1.14. The van der Waals surface area contributed by atoms with Gasteiger partial charge in [0, 0.05) is 5.69 Å². The average molecular weight is 167 g/mol.